The van der Waals surface area contributed by atoms with E-state index in [1.165, 1.54) is 10.8 Å². The molecule has 2 heterocycles. The van der Waals surface area contributed by atoms with Crippen LogP contribution in [-0.4, -0.2) is 47.7 Å². The second-order valence-electron chi connectivity index (χ2n) is 5.20. The summed E-state index contributed by atoms with van der Waals surface area (Å²) in [5.74, 6) is -1.59. The van der Waals surface area contributed by atoms with E-state index >= 15 is 0 Å². The second-order valence-corrected chi connectivity index (χ2v) is 7.29. The van der Waals surface area contributed by atoms with Gasteiger partial charge in [0.15, 0.2) is 0 Å². The molecule has 7 nitrogen and oxygen atoms in total. The van der Waals surface area contributed by atoms with Crippen LogP contribution in [0.15, 0.2) is 29.3 Å². The highest BCUT2D eigenvalue weighted by Crippen LogP contribution is 2.32. The summed E-state index contributed by atoms with van der Waals surface area (Å²) in [6, 6.07) is 5.54. The molecule has 1 saturated heterocycles. The molecular weight excluding hydrogens is 384 g/mol. The van der Waals surface area contributed by atoms with Crippen molar-refractivity contribution in [2.24, 2.45) is 0 Å². The number of carboxylic acids is 1. The van der Waals surface area contributed by atoms with Crippen molar-refractivity contribution in [1.82, 2.24) is 19.9 Å². The summed E-state index contributed by atoms with van der Waals surface area (Å²) in [4.78, 5) is 24.4. The number of rotatable bonds is 4. The average molecular weight is 395 g/mol. The second kappa shape index (κ2) is 6.95. The van der Waals surface area contributed by atoms with Crippen molar-refractivity contribution >= 4 is 57.9 Å². The van der Waals surface area contributed by atoms with Gasteiger partial charge in [0.1, 0.15) is 16.6 Å². The number of hydrogen-bond acceptors (Lipinski definition) is 6. The summed E-state index contributed by atoms with van der Waals surface area (Å²) in [7, 11) is 0. The van der Waals surface area contributed by atoms with Crippen LogP contribution in [0.1, 0.15) is 11.3 Å². The third kappa shape index (κ3) is 3.73. The first kappa shape index (κ1) is 17.6. The Morgan fingerprint density at radius 3 is 2.92 bits per heavy atom. The van der Waals surface area contributed by atoms with Crippen LogP contribution < -0.4 is 0 Å². The van der Waals surface area contributed by atoms with Crippen LogP contribution in [0.3, 0.4) is 0 Å². The summed E-state index contributed by atoms with van der Waals surface area (Å²) in [6.45, 7) is 1.47. The van der Waals surface area contributed by atoms with E-state index in [0.29, 0.717) is 21.3 Å². The molecule has 0 radical (unpaired) electrons. The SMILES string of the molecule is Cc1ccc(-n2cc(/C=C3\SC(=S)N(CC(=O)O)C3=O)nn2)c(Cl)c1. The standard InChI is InChI=1S/C15H11ClN4O3S2/c1-8-2-3-11(10(16)4-8)20-6-9(17-18-20)5-12-14(23)19(7-13(21)22)15(24)25-12/h2-6H,7H2,1H3,(H,21,22)/b12-5-. The first-order valence-corrected chi connectivity index (χ1v) is 8.61. The molecule has 128 valence electrons. The maximum atomic E-state index is 12.2. The number of halogens is 1. The molecule has 1 N–H and O–H groups in total. The number of carboxylic acid groups (broad SMARTS) is 1. The molecule has 10 heteroatoms. The first-order chi connectivity index (χ1) is 11.8. The first-order valence-electron chi connectivity index (χ1n) is 7.01. The van der Waals surface area contributed by atoms with Gasteiger partial charge in [-0.2, -0.15) is 0 Å². The van der Waals surface area contributed by atoms with Gasteiger partial charge in [-0.05, 0) is 30.7 Å². The molecule has 25 heavy (non-hydrogen) atoms. The van der Waals surface area contributed by atoms with E-state index in [-0.39, 0.29) is 4.32 Å². The van der Waals surface area contributed by atoms with Gasteiger partial charge in [-0.25, -0.2) is 4.68 Å². The molecule has 0 bridgehead atoms. The van der Waals surface area contributed by atoms with Gasteiger partial charge >= 0.3 is 5.97 Å². The van der Waals surface area contributed by atoms with Gasteiger partial charge in [0.25, 0.3) is 5.91 Å². The Labute approximate surface area is 157 Å². The lowest BCUT2D eigenvalue weighted by Crippen LogP contribution is -2.33. The Bertz CT molecular complexity index is 925. The lowest BCUT2D eigenvalue weighted by molar-refractivity contribution is -0.140. The number of benzene rings is 1. The number of thioether (sulfide) groups is 1. The van der Waals surface area contributed by atoms with Gasteiger partial charge in [0, 0.05) is 0 Å². The molecule has 3 rings (SSSR count). The summed E-state index contributed by atoms with van der Waals surface area (Å²) in [5.41, 5.74) is 2.13. The molecule has 2 aromatic rings. The van der Waals surface area contributed by atoms with Crippen LogP contribution in [0.4, 0.5) is 0 Å². The van der Waals surface area contributed by atoms with Gasteiger partial charge in [-0.15, -0.1) is 5.10 Å². The molecule has 1 amide bonds. The van der Waals surface area contributed by atoms with Gasteiger partial charge in [-0.1, -0.05) is 46.9 Å². The van der Waals surface area contributed by atoms with Gasteiger partial charge in [0.2, 0.25) is 0 Å². The largest absolute Gasteiger partial charge is 0.480 e. The fourth-order valence-corrected chi connectivity index (χ4v) is 3.73. The summed E-state index contributed by atoms with van der Waals surface area (Å²) in [5, 5.41) is 17.4. The molecule has 0 atom stereocenters. The van der Waals surface area contributed by atoms with Crippen molar-refractivity contribution < 1.29 is 14.7 Å². The fraction of sp³-hybridized carbons (Fsp3) is 0.133. The van der Waals surface area contributed by atoms with Crippen LogP contribution in [0.2, 0.25) is 5.02 Å². The predicted octanol–water partition coefficient (Wildman–Crippen LogP) is 2.51. The lowest BCUT2D eigenvalue weighted by atomic mass is 10.2. The number of carbonyl (C=O) groups is 2. The fourth-order valence-electron chi connectivity index (χ4n) is 2.16. The number of hydrogen-bond donors (Lipinski definition) is 1. The number of amides is 1. The number of aliphatic carboxylic acids is 1. The maximum Gasteiger partial charge on any atom is 0.323 e. The summed E-state index contributed by atoms with van der Waals surface area (Å²) >= 11 is 12.3. The van der Waals surface area contributed by atoms with Crippen molar-refractivity contribution in [3.8, 4) is 5.69 Å². The normalized spacial score (nSPS) is 16.1. The van der Waals surface area contributed by atoms with Gasteiger partial charge in [-0.3, -0.25) is 14.5 Å². The highest BCUT2D eigenvalue weighted by molar-refractivity contribution is 8.26. The molecule has 1 aromatic heterocycles. The van der Waals surface area contributed by atoms with E-state index in [9.17, 15) is 9.59 Å². The topological polar surface area (TPSA) is 88.3 Å². The molecule has 0 saturated carbocycles. The minimum Gasteiger partial charge on any atom is -0.480 e. The van der Waals surface area contributed by atoms with Crippen LogP contribution >= 0.6 is 35.6 Å². The van der Waals surface area contributed by atoms with Crippen LogP contribution in [0, 0.1) is 6.92 Å². The number of nitrogens with zero attached hydrogens (tertiary/aromatic N) is 4. The van der Waals surface area contributed by atoms with E-state index in [1.807, 2.05) is 25.1 Å². The summed E-state index contributed by atoms with van der Waals surface area (Å²) in [6.07, 6.45) is 3.15. The molecule has 0 aliphatic carbocycles. The molecule has 1 aliphatic heterocycles. The zero-order chi connectivity index (χ0) is 18.1. The van der Waals surface area contributed by atoms with Crippen LogP contribution in [-0.2, 0) is 9.59 Å². The average Bonchev–Trinajstić information content (AvgIpc) is 3.08. The Kier molecular flexibility index (Phi) is 4.89. The highest BCUT2D eigenvalue weighted by atomic mass is 35.5. The molecule has 1 aromatic carbocycles. The van der Waals surface area contributed by atoms with Crippen molar-refractivity contribution in [3.05, 3.63) is 45.6 Å². The number of aryl methyl sites for hydroxylation is 1. The number of aromatic nitrogens is 3. The monoisotopic (exact) mass is 394 g/mol. The Hall–Kier alpha value is -2.23. The lowest BCUT2D eigenvalue weighted by Gasteiger charge is -2.09. The molecule has 1 aliphatic rings. The van der Waals surface area contributed by atoms with E-state index in [2.05, 4.69) is 10.3 Å². The predicted molar refractivity (Wildman–Crippen MR) is 98.6 cm³/mol. The minimum absolute atomic E-state index is 0.202. The number of thiocarbonyl (C=S) groups is 1. The quantitative estimate of drug-likeness (QED) is 0.629. The zero-order valence-corrected chi connectivity index (χ0v) is 15.2. The Morgan fingerprint density at radius 2 is 2.24 bits per heavy atom. The van der Waals surface area contributed by atoms with Crippen molar-refractivity contribution in [2.45, 2.75) is 6.92 Å². The Balaban J connectivity index is 1.86. The van der Waals surface area contributed by atoms with Crippen molar-refractivity contribution in [1.29, 1.82) is 0 Å². The zero-order valence-electron chi connectivity index (χ0n) is 12.8. The van der Waals surface area contributed by atoms with Crippen LogP contribution in [0.25, 0.3) is 11.8 Å². The minimum atomic E-state index is -1.13. The van der Waals surface area contributed by atoms with Gasteiger partial charge in [0.05, 0.1) is 21.8 Å². The Morgan fingerprint density at radius 1 is 1.48 bits per heavy atom. The van der Waals surface area contributed by atoms with Crippen molar-refractivity contribution in [2.75, 3.05) is 6.54 Å². The maximum absolute atomic E-state index is 12.2. The third-order valence-corrected chi connectivity index (χ3v) is 4.99. The number of carbonyl (C=O) groups excluding carboxylic acids is 1. The van der Waals surface area contributed by atoms with Gasteiger partial charge < -0.3 is 5.11 Å². The molecule has 0 spiro atoms. The van der Waals surface area contributed by atoms with Crippen LogP contribution in [0.5, 0.6) is 0 Å². The molecule has 1 fully saturated rings. The molecular formula is C15H11ClN4O3S2. The van der Waals surface area contributed by atoms with E-state index in [4.69, 9.17) is 28.9 Å². The smallest absolute Gasteiger partial charge is 0.323 e. The molecule has 0 unspecified atom stereocenters. The van der Waals surface area contributed by atoms with E-state index < -0.39 is 18.4 Å². The van der Waals surface area contributed by atoms with E-state index in [0.717, 1.165) is 22.2 Å². The third-order valence-electron chi connectivity index (χ3n) is 3.31. The van der Waals surface area contributed by atoms with E-state index in [1.54, 1.807) is 6.20 Å². The summed E-state index contributed by atoms with van der Waals surface area (Å²) < 4.78 is 1.71. The van der Waals surface area contributed by atoms with Crippen molar-refractivity contribution in [3.63, 3.8) is 0 Å². The highest BCUT2D eigenvalue weighted by Gasteiger charge is 2.33.